The minimum absolute atomic E-state index is 0.330. The van der Waals surface area contributed by atoms with Gasteiger partial charge < -0.3 is 4.98 Å². The van der Waals surface area contributed by atoms with E-state index in [4.69, 9.17) is 0 Å². The van der Waals surface area contributed by atoms with E-state index in [0.717, 1.165) is 37.9 Å². The topological polar surface area (TPSA) is 66.1 Å². The molecule has 5 nitrogen and oxygen atoms in total. The van der Waals surface area contributed by atoms with Crippen LogP contribution in [0.15, 0.2) is 35.5 Å². The molecule has 4 rings (SSSR count). The first kappa shape index (κ1) is 14.9. The van der Waals surface area contributed by atoms with Gasteiger partial charge in [-0.3, -0.25) is 0 Å². The molecule has 2 aliphatic rings. The lowest BCUT2D eigenvalue weighted by Gasteiger charge is -2.30. The summed E-state index contributed by atoms with van der Waals surface area (Å²) in [5, 5.41) is 0. The van der Waals surface area contributed by atoms with Crippen molar-refractivity contribution in [3.8, 4) is 0 Å². The van der Waals surface area contributed by atoms with Crippen LogP contribution in [0.5, 0.6) is 0 Å². The van der Waals surface area contributed by atoms with Crippen molar-refractivity contribution < 1.29 is 8.42 Å². The number of hydrogen-bond acceptors (Lipinski definition) is 3. The Labute approximate surface area is 136 Å². The molecule has 1 N–H and O–H groups in total. The number of benzene rings is 1. The number of hydrogen-bond donors (Lipinski definition) is 1. The molecule has 6 heteroatoms. The van der Waals surface area contributed by atoms with Crippen molar-refractivity contribution in [1.29, 1.82) is 0 Å². The third kappa shape index (κ3) is 2.70. The molecule has 0 bridgehead atoms. The molecule has 0 saturated carbocycles. The number of fused-ring (bicyclic) bond motifs is 1. The van der Waals surface area contributed by atoms with Gasteiger partial charge in [0.05, 0.1) is 4.90 Å². The third-order valence-corrected chi connectivity index (χ3v) is 6.96. The molecule has 2 heterocycles. The number of sulfonamides is 1. The number of aryl methyl sites for hydroxylation is 2. The van der Waals surface area contributed by atoms with E-state index in [1.807, 2.05) is 18.3 Å². The predicted octanol–water partition coefficient (Wildman–Crippen LogP) is 2.47. The van der Waals surface area contributed by atoms with Gasteiger partial charge in [0, 0.05) is 31.4 Å². The van der Waals surface area contributed by atoms with Gasteiger partial charge >= 0.3 is 0 Å². The first-order valence-electron chi connectivity index (χ1n) is 8.26. The van der Waals surface area contributed by atoms with Crippen LogP contribution in [0.3, 0.4) is 0 Å². The molecular weight excluding hydrogens is 310 g/mol. The Hall–Kier alpha value is -1.66. The van der Waals surface area contributed by atoms with Crippen LogP contribution in [0, 0.1) is 0 Å². The van der Waals surface area contributed by atoms with E-state index >= 15 is 0 Å². The van der Waals surface area contributed by atoms with Crippen LogP contribution >= 0.6 is 0 Å². The van der Waals surface area contributed by atoms with Crippen LogP contribution in [0.1, 0.15) is 42.1 Å². The van der Waals surface area contributed by atoms with Gasteiger partial charge in [-0.25, -0.2) is 13.4 Å². The molecule has 1 saturated heterocycles. The van der Waals surface area contributed by atoms with E-state index < -0.39 is 10.0 Å². The highest BCUT2D eigenvalue weighted by atomic mass is 32.2. The zero-order valence-electron chi connectivity index (χ0n) is 13.0. The maximum Gasteiger partial charge on any atom is 0.243 e. The fourth-order valence-corrected chi connectivity index (χ4v) is 5.25. The van der Waals surface area contributed by atoms with Crippen molar-refractivity contribution in [2.45, 2.75) is 42.9 Å². The van der Waals surface area contributed by atoms with E-state index in [0.29, 0.717) is 23.9 Å². The zero-order valence-corrected chi connectivity index (χ0v) is 13.8. The molecule has 122 valence electrons. The Balaban J connectivity index is 1.51. The normalized spacial score (nSPS) is 19.8. The second-order valence-electron chi connectivity index (χ2n) is 6.44. The van der Waals surface area contributed by atoms with E-state index in [1.165, 1.54) is 11.1 Å². The maximum absolute atomic E-state index is 12.9. The van der Waals surface area contributed by atoms with E-state index in [2.05, 4.69) is 9.97 Å². The SMILES string of the molecule is O=S(=O)(c1ccc2c(c1)CCC2)N1CCC(c2ncc[nH]2)CC1. The Morgan fingerprint density at radius 3 is 2.65 bits per heavy atom. The van der Waals surface area contributed by atoms with Crippen LogP contribution in [-0.2, 0) is 22.9 Å². The van der Waals surface area contributed by atoms with Gasteiger partial charge in [-0.05, 0) is 55.4 Å². The summed E-state index contributed by atoms with van der Waals surface area (Å²) in [5.41, 5.74) is 2.51. The second kappa shape index (κ2) is 5.76. The summed E-state index contributed by atoms with van der Waals surface area (Å²) in [6.45, 7) is 1.12. The molecule has 1 aromatic heterocycles. The van der Waals surface area contributed by atoms with Crippen LogP contribution in [0.4, 0.5) is 0 Å². The number of piperidine rings is 1. The van der Waals surface area contributed by atoms with Gasteiger partial charge in [-0.1, -0.05) is 6.07 Å². The van der Waals surface area contributed by atoms with E-state index in [-0.39, 0.29) is 0 Å². The smallest absolute Gasteiger partial charge is 0.243 e. The van der Waals surface area contributed by atoms with Gasteiger partial charge in [0.25, 0.3) is 0 Å². The number of aromatic nitrogens is 2. The Morgan fingerprint density at radius 2 is 1.91 bits per heavy atom. The van der Waals surface area contributed by atoms with Crippen molar-refractivity contribution >= 4 is 10.0 Å². The van der Waals surface area contributed by atoms with Gasteiger partial charge in [-0.15, -0.1) is 0 Å². The fourth-order valence-electron chi connectivity index (χ4n) is 3.73. The van der Waals surface area contributed by atoms with Crippen LogP contribution in [0.2, 0.25) is 0 Å². The van der Waals surface area contributed by atoms with Crippen molar-refractivity contribution in [2.24, 2.45) is 0 Å². The fraction of sp³-hybridized carbons (Fsp3) is 0.471. The monoisotopic (exact) mass is 331 g/mol. The van der Waals surface area contributed by atoms with Gasteiger partial charge in [0.2, 0.25) is 10.0 Å². The molecule has 1 aromatic carbocycles. The molecule has 0 radical (unpaired) electrons. The highest BCUT2D eigenvalue weighted by Gasteiger charge is 2.31. The maximum atomic E-state index is 12.9. The molecule has 0 spiro atoms. The Kier molecular flexibility index (Phi) is 3.73. The summed E-state index contributed by atoms with van der Waals surface area (Å²) >= 11 is 0. The first-order chi connectivity index (χ1) is 11.1. The third-order valence-electron chi connectivity index (χ3n) is 5.07. The van der Waals surface area contributed by atoms with Gasteiger partial charge in [0.15, 0.2) is 0 Å². The van der Waals surface area contributed by atoms with Gasteiger partial charge in [0.1, 0.15) is 5.82 Å². The largest absolute Gasteiger partial charge is 0.348 e. The van der Waals surface area contributed by atoms with Crippen LogP contribution < -0.4 is 0 Å². The number of rotatable bonds is 3. The molecule has 1 aliphatic heterocycles. The van der Waals surface area contributed by atoms with Crippen molar-refractivity contribution in [3.05, 3.63) is 47.5 Å². The summed E-state index contributed by atoms with van der Waals surface area (Å²) in [5.74, 6) is 1.30. The van der Waals surface area contributed by atoms with E-state index in [9.17, 15) is 8.42 Å². The Bertz CT molecular complexity index is 791. The number of nitrogens with one attached hydrogen (secondary N) is 1. The summed E-state index contributed by atoms with van der Waals surface area (Å²) in [6, 6.07) is 5.65. The average molecular weight is 331 g/mol. The summed E-state index contributed by atoms with van der Waals surface area (Å²) in [7, 11) is -3.37. The quantitative estimate of drug-likeness (QED) is 0.939. The highest BCUT2D eigenvalue weighted by molar-refractivity contribution is 7.89. The number of imidazole rings is 1. The molecule has 0 atom stereocenters. The van der Waals surface area contributed by atoms with Crippen molar-refractivity contribution in [1.82, 2.24) is 14.3 Å². The lowest BCUT2D eigenvalue weighted by molar-refractivity contribution is 0.314. The highest BCUT2D eigenvalue weighted by Crippen LogP contribution is 2.30. The minimum Gasteiger partial charge on any atom is -0.348 e. The summed E-state index contributed by atoms with van der Waals surface area (Å²) < 4.78 is 27.4. The van der Waals surface area contributed by atoms with Crippen molar-refractivity contribution in [2.75, 3.05) is 13.1 Å². The first-order valence-corrected chi connectivity index (χ1v) is 9.70. The van der Waals surface area contributed by atoms with Crippen LogP contribution in [-0.4, -0.2) is 35.8 Å². The minimum atomic E-state index is -3.37. The van der Waals surface area contributed by atoms with Gasteiger partial charge in [-0.2, -0.15) is 4.31 Å². The molecule has 1 aliphatic carbocycles. The molecule has 0 amide bonds. The number of nitrogens with zero attached hydrogens (tertiary/aromatic N) is 2. The predicted molar refractivity (Wildman–Crippen MR) is 87.8 cm³/mol. The molecular formula is C17H21N3O2S. The molecule has 23 heavy (non-hydrogen) atoms. The summed E-state index contributed by atoms with van der Waals surface area (Å²) in [4.78, 5) is 7.90. The van der Waals surface area contributed by atoms with Crippen LogP contribution in [0.25, 0.3) is 0 Å². The zero-order chi connectivity index (χ0) is 15.9. The van der Waals surface area contributed by atoms with E-state index in [1.54, 1.807) is 16.6 Å². The molecule has 0 unspecified atom stereocenters. The number of aromatic amines is 1. The second-order valence-corrected chi connectivity index (χ2v) is 8.37. The Morgan fingerprint density at radius 1 is 1.13 bits per heavy atom. The molecule has 2 aromatic rings. The molecule has 1 fully saturated rings. The lowest BCUT2D eigenvalue weighted by atomic mass is 9.98. The lowest BCUT2D eigenvalue weighted by Crippen LogP contribution is -2.38. The summed E-state index contributed by atoms with van der Waals surface area (Å²) in [6.07, 6.45) is 8.41. The number of H-pyrrole nitrogens is 1. The average Bonchev–Trinajstić information content (AvgIpc) is 3.25. The van der Waals surface area contributed by atoms with Crippen molar-refractivity contribution in [3.63, 3.8) is 0 Å². The standard InChI is InChI=1S/C17H21N3O2S/c21-23(22,16-5-4-13-2-1-3-15(13)12-16)20-10-6-14(7-11-20)17-18-8-9-19-17/h4-5,8-9,12,14H,1-3,6-7,10-11H2,(H,18,19).